The Morgan fingerprint density at radius 3 is 2.56 bits per heavy atom. The van der Waals surface area contributed by atoms with Gasteiger partial charge in [0, 0.05) is 10.9 Å². The van der Waals surface area contributed by atoms with E-state index in [4.69, 9.17) is 14.5 Å². The monoisotopic (exact) mass is 425 g/mol. The molecule has 0 aliphatic rings. The second-order valence-corrected chi connectivity index (χ2v) is 6.98. The fraction of sp³-hybridized carbons (Fsp3) is 0.115. The van der Waals surface area contributed by atoms with E-state index in [-0.39, 0.29) is 5.91 Å². The van der Waals surface area contributed by atoms with E-state index in [0.717, 1.165) is 27.7 Å². The van der Waals surface area contributed by atoms with E-state index in [1.807, 2.05) is 73.7 Å². The van der Waals surface area contributed by atoms with Gasteiger partial charge in [0.1, 0.15) is 0 Å². The first kappa shape index (κ1) is 21.1. The van der Waals surface area contributed by atoms with Gasteiger partial charge in [0.05, 0.1) is 36.7 Å². The molecule has 3 aromatic carbocycles. The summed E-state index contributed by atoms with van der Waals surface area (Å²) in [6.07, 6.45) is 1.57. The number of nitrogens with zero attached hydrogens (tertiary/aromatic N) is 2. The number of para-hydroxylation sites is 1. The highest BCUT2D eigenvalue weighted by molar-refractivity contribution is 6.07. The maximum atomic E-state index is 13.0. The maximum absolute atomic E-state index is 13.0. The quantitative estimate of drug-likeness (QED) is 0.331. The van der Waals surface area contributed by atoms with Crippen molar-refractivity contribution in [2.75, 3.05) is 13.7 Å². The van der Waals surface area contributed by atoms with Gasteiger partial charge in [-0.15, -0.1) is 0 Å². The van der Waals surface area contributed by atoms with Crippen LogP contribution in [0.25, 0.3) is 22.2 Å². The lowest BCUT2D eigenvalue weighted by Crippen LogP contribution is -2.18. The average molecular weight is 425 g/mol. The fourth-order valence-electron chi connectivity index (χ4n) is 3.38. The van der Waals surface area contributed by atoms with Crippen LogP contribution in [-0.4, -0.2) is 30.8 Å². The van der Waals surface area contributed by atoms with E-state index in [0.29, 0.717) is 23.7 Å². The van der Waals surface area contributed by atoms with Crippen LogP contribution in [0.2, 0.25) is 0 Å². The molecule has 0 radical (unpaired) electrons. The number of hydrogen-bond acceptors (Lipinski definition) is 5. The number of carbonyl (C=O) groups excluding carboxylic acids is 1. The molecule has 6 nitrogen and oxygen atoms in total. The molecule has 0 unspecified atom stereocenters. The van der Waals surface area contributed by atoms with E-state index in [9.17, 15) is 4.79 Å². The SMILES string of the molecule is CCOc1ccc(C=NNC(=O)c2cc(-c3ccccc3)nc3ccccc23)cc1OC. The van der Waals surface area contributed by atoms with Crippen LogP contribution in [0.15, 0.2) is 84.0 Å². The second-order valence-electron chi connectivity index (χ2n) is 6.98. The topological polar surface area (TPSA) is 72.8 Å². The number of fused-ring (bicyclic) bond motifs is 1. The number of benzene rings is 3. The molecule has 0 aliphatic carbocycles. The third-order valence-corrected chi connectivity index (χ3v) is 4.90. The van der Waals surface area contributed by atoms with Gasteiger partial charge in [0.2, 0.25) is 0 Å². The molecule has 1 aromatic heterocycles. The number of aromatic nitrogens is 1. The number of methoxy groups -OCH3 is 1. The minimum Gasteiger partial charge on any atom is -0.493 e. The summed E-state index contributed by atoms with van der Waals surface area (Å²) in [4.78, 5) is 17.7. The van der Waals surface area contributed by atoms with Crippen molar-refractivity contribution in [2.45, 2.75) is 6.92 Å². The Bertz CT molecular complexity index is 1270. The van der Waals surface area contributed by atoms with Crippen molar-refractivity contribution < 1.29 is 14.3 Å². The van der Waals surface area contributed by atoms with Crippen LogP contribution in [-0.2, 0) is 0 Å². The van der Waals surface area contributed by atoms with E-state index >= 15 is 0 Å². The highest BCUT2D eigenvalue weighted by Crippen LogP contribution is 2.27. The zero-order valence-electron chi connectivity index (χ0n) is 17.9. The number of carbonyl (C=O) groups is 1. The highest BCUT2D eigenvalue weighted by atomic mass is 16.5. The van der Waals surface area contributed by atoms with Crippen LogP contribution in [0.4, 0.5) is 0 Å². The molecule has 0 spiro atoms. The zero-order chi connectivity index (χ0) is 22.3. The molecule has 32 heavy (non-hydrogen) atoms. The van der Waals surface area contributed by atoms with Gasteiger partial charge in [-0.3, -0.25) is 4.79 Å². The summed E-state index contributed by atoms with van der Waals surface area (Å²) >= 11 is 0. The molecule has 1 N–H and O–H groups in total. The average Bonchev–Trinajstić information content (AvgIpc) is 2.84. The Balaban J connectivity index is 1.60. The summed E-state index contributed by atoms with van der Waals surface area (Å²) in [6.45, 7) is 2.46. The Labute approximate surface area is 186 Å². The van der Waals surface area contributed by atoms with Gasteiger partial charge >= 0.3 is 0 Å². The van der Waals surface area contributed by atoms with E-state index in [1.165, 1.54) is 0 Å². The highest BCUT2D eigenvalue weighted by Gasteiger charge is 2.13. The molecular formula is C26H23N3O3. The Kier molecular flexibility index (Phi) is 6.41. The summed E-state index contributed by atoms with van der Waals surface area (Å²) in [7, 11) is 1.58. The number of amides is 1. The van der Waals surface area contributed by atoms with E-state index in [2.05, 4.69) is 10.5 Å². The number of hydrazone groups is 1. The molecule has 0 atom stereocenters. The molecule has 160 valence electrons. The van der Waals surface area contributed by atoms with Gasteiger partial charge in [-0.2, -0.15) is 5.10 Å². The van der Waals surface area contributed by atoms with Crippen molar-refractivity contribution in [2.24, 2.45) is 5.10 Å². The number of rotatable bonds is 7. The van der Waals surface area contributed by atoms with E-state index in [1.54, 1.807) is 25.5 Å². The smallest absolute Gasteiger partial charge is 0.272 e. The Morgan fingerprint density at radius 1 is 1.00 bits per heavy atom. The molecule has 6 heteroatoms. The summed E-state index contributed by atoms with van der Waals surface area (Å²) < 4.78 is 10.9. The van der Waals surface area contributed by atoms with Crippen molar-refractivity contribution >= 4 is 23.0 Å². The number of ether oxygens (including phenoxy) is 2. The van der Waals surface area contributed by atoms with Gasteiger partial charge < -0.3 is 9.47 Å². The van der Waals surface area contributed by atoms with Gasteiger partial charge in [0.25, 0.3) is 5.91 Å². The normalized spacial score (nSPS) is 10.9. The third-order valence-electron chi connectivity index (χ3n) is 4.90. The maximum Gasteiger partial charge on any atom is 0.272 e. The van der Waals surface area contributed by atoms with Crippen LogP contribution in [0, 0.1) is 0 Å². The minimum atomic E-state index is -0.310. The molecule has 0 fully saturated rings. The summed E-state index contributed by atoms with van der Waals surface area (Å²) in [5.41, 5.74) is 6.33. The van der Waals surface area contributed by atoms with Crippen LogP contribution in [0.5, 0.6) is 11.5 Å². The third kappa shape index (κ3) is 4.59. The molecule has 1 heterocycles. The van der Waals surface area contributed by atoms with Crippen LogP contribution in [0.3, 0.4) is 0 Å². The zero-order valence-corrected chi connectivity index (χ0v) is 17.9. The van der Waals surface area contributed by atoms with Crippen molar-refractivity contribution in [3.05, 3.63) is 90.0 Å². The summed E-state index contributed by atoms with van der Waals surface area (Å²) in [5, 5.41) is 4.90. The van der Waals surface area contributed by atoms with Crippen LogP contribution >= 0.6 is 0 Å². The molecule has 0 aliphatic heterocycles. The summed E-state index contributed by atoms with van der Waals surface area (Å²) in [6, 6.07) is 24.6. The van der Waals surface area contributed by atoms with Crippen molar-refractivity contribution in [3.63, 3.8) is 0 Å². The molecule has 4 rings (SSSR count). The Hall–Kier alpha value is -4.19. The molecule has 4 aromatic rings. The summed E-state index contributed by atoms with van der Waals surface area (Å²) in [5.74, 6) is 0.956. The first-order chi connectivity index (χ1) is 15.7. The second kappa shape index (κ2) is 9.75. The van der Waals surface area contributed by atoms with Crippen molar-refractivity contribution in [1.29, 1.82) is 0 Å². The lowest BCUT2D eigenvalue weighted by molar-refractivity contribution is 0.0956. The predicted molar refractivity (Wildman–Crippen MR) is 126 cm³/mol. The fourth-order valence-corrected chi connectivity index (χ4v) is 3.38. The van der Waals surface area contributed by atoms with Gasteiger partial charge in [-0.05, 0) is 42.8 Å². The largest absolute Gasteiger partial charge is 0.493 e. The van der Waals surface area contributed by atoms with Gasteiger partial charge in [-0.25, -0.2) is 10.4 Å². The molecule has 1 amide bonds. The van der Waals surface area contributed by atoms with Crippen molar-refractivity contribution in [1.82, 2.24) is 10.4 Å². The van der Waals surface area contributed by atoms with Crippen LogP contribution < -0.4 is 14.9 Å². The number of nitrogens with one attached hydrogen (secondary N) is 1. The van der Waals surface area contributed by atoms with Gasteiger partial charge in [0.15, 0.2) is 11.5 Å². The molecule has 0 saturated heterocycles. The van der Waals surface area contributed by atoms with Gasteiger partial charge in [-0.1, -0.05) is 48.5 Å². The lowest BCUT2D eigenvalue weighted by Gasteiger charge is -2.10. The standard InChI is InChI=1S/C26H23N3O3/c1-3-32-24-14-13-18(15-25(24)31-2)17-27-29-26(30)21-16-23(19-9-5-4-6-10-19)28-22-12-8-7-11-20(21)22/h4-17H,3H2,1-2H3,(H,29,30). The lowest BCUT2D eigenvalue weighted by atomic mass is 10.0. The molecule has 0 saturated carbocycles. The predicted octanol–water partition coefficient (Wildman–Crippen LogP) is 5.07. The number of pyridine rings is 1. The van der Waals surface area contributed by atoms with E-state index < -0.39 is 0 Å². The Morgan fingerprint density at radius 2 is 1.78 bits per heavy atom. The van der Waals surface area contributed by atoms with Crippen molar-refractivity contribution in [3.8, 4) is 22.8 Å². The minimum absolute atomic E-state index is 0.310. The first-order valence-corrected chi connectivity index (χ1v) is 10.3. The molecular weight excluding hydrogens is 402 g/mol. The number of hydrogen-bond donors (Lipinski definition) is 1. The molecule has 0 bridgehead atoms. The first-order valence-electron chi connectivity index (χ1n) is 10.3. The van der Waals surface area contributed by atoms with Crippen LogP contribution in [0.1, 0.15) is 22.8 Å².